The van der Waals surface area contributed by atoms with E-state index in [4.69, 9.17) is 4.74 Å². The number of hydrogen-bond acceptors (Lipinski definition) is 5. The largest absolute Gasteiger partial charge is 0.495 e. The third-order valence-electron chi connectivity index (χ3n) is 8.02. The van der Waals surface area contributed by atoms with Crippen LogP contribution < -0.4 is 15.4 Å². The van der Waals surface area contributed by atoms with Crippen LogP contribution in [0.15, 0.2) is 82.8 Å². The summed E-state index contributed by atoms with van der Waals surface area (Å²) >= 11 is 0. The van der Waals surface area contributed by atoms with Gasteiger partial charge in [0.05, 0.1) is 42.9 Å². The molecule has 2 fully saturated rings. The number of alkyl halides is 3. The zero-order valence-electron chi connectivity index (χ0n) is 26.1. The molecule has 0 aliphatic heterocycles. The summed E-state index contributed by atoms with van der Waals surface area (Å²) < 4.78 is 43.8. The molecule has 0 unspecified atom stereocenters. The summed E-state index contributed by atoms with van der Waals surface area (Å²) in [5.74, 6) is -0.617. The smallest absolute Gasteiger partial charge is 0.416 e. The van der Waals surface area contributed by atoms with Crippen LogP contribution in [-0.2, 0) is 17.4 Å². The number of aliphatic imine (C=N–C) groups is 2. The number of methoxy groups -OCH3 is 1. The number of ether oxygens (including phenoxy) is 1. The molecule has 0 bridgehead atoms. The van der Waals surface area contributed by atoms with Gasteiger partial charge in [-0.3, -0.25) is 9.59 Å². The van der Waals surface area contributed by atoms with Crippen molar-refractivity contribution in [3.05, 3.63) is 89.5 Å². The van der Waals surface area contributed by atoms with E-state index < -0.39 is 17.6 Å². The van der Waals surface area contributed by atoms with Gasteiger partial charge in [-0.1, -0.05) is 74.9 Å². The Morgan fingerprint density at radius 2 is 1.43 bits per heavy atom. The fourth-order valence-electron chi connectivity index (χ4n) is 5.53. The molecule has 0 saturated heterocycles. The molecule has 244 valence electrons. The molecule has 0 aromatic heterocycles. The van der Waals surface area contributed by atoms with Gasteiger partial charge in [0.25, 0.3) is 5.91 Å². The maximum absolute atomic E-state index is 12.9. The SMILES string of the molecule is C(=NC1CCCCC1)=NC1CCCCC1.COc1ccc(C(=O)Nc2ccccc2)cc1NC(=O)Cc1cccc(C(F)(F)F)c1. The first-order valence-electron chi connectivity index (χ1n) is 15.9. The Balaban J connectivity index is 0.000000266. The second-order valence-electron chi connectivity index (χ2n) is 11.6. The third kappa shape index (κ3) is 11.2. The summed E-state index contributed by atoms with van der Waals surface area (Å²) in [7, 11) is 1.40. The summed E-state index contributed by atoms with van der Waals surface area (Å²) in [6.07, 6.45) is 8.44. The molecule has 0 atom stereocenters. The molecule has 0 heterocycles. The van der Waals surface area contributed by atoms with Crippen LogP contribution in [0.25, 0.3) is 0 Å². The molecule has 2 amide bonds. The molecule has 3 aromatic carbocycles. The van der Waals surface area contributed by atoms with E-state index in [1.54, 1.807) is 30.3 Å². The van der Waals surface area contributed by atoms with Crippen molar-refractivity contribution < 1.29 is 27.5 Å². The summed E-state index contributed by atoms with van der Waals surface area (Å²) in [5, 5.41) is 5.34. The van der Waals surface area contributed by atoms with Gasteiger partial charge in [0.1, 0.15) is 5.75 Å². The Labute approximate surface area is 268 Å². The van der Waals surface area contributed by atoms with Crippen molar-refractivity contribution in [3.63, 3.8) is 0 Å². The van der Waals surface area contributed by atoms with Crippen LogP contribution in [0.5, 0.6) is 5.75 Å². The van der Waals surface area contributed by atoms with Crippen LogP contribution in [0, 0.1) is 0 Å². The predicted molar refractivity (Wildman–Crippen MR) is 175 cm³/mol. The summed E-state index contributed by atoms with van der Waals surface area (Å²) in [6, 6.07) is 22.0. The number of carbonyl (C=O) groups excluding carboxylic acids is 2. The van der Waals surface area contributed by atoms with Crippen LogP contribution in [-0.4, -0.2) is 37.0 Å². The number of nitrogens with zero attached hydrogens (tertiary/aromatic N) is 2. The van der Waals surface area contributed by atoms with Crippen LogP contribution in [0.3, 0.4) is 0 Å². The molecule has 2 aliphatic rings. The van der Waals surface area contributed by atoms with Crippen LogP contribution in [0.4, 0.5) is 24.5 Å². The van der Waals surface area contributed by atoms with Gasteiger partial charge in [-0.25, -0.2) is 9.98 Å². The molecule has 10 heteroatoms. The van der Waals surface area contributed by atoms with E-state index in [9.17, 15) is 22.8 Å². The molecule has 0 radical (unpaired) electrons. The molecule has 7 nitrogen and oxygen atoms in total. The van der Waals surface area contributed by atoms with E-state index in [0.717, 1.165) is 12.1 Å². The van der Waals surface area contributed by atoms with Gasteiger partial charge in [-0.2, -0.15) is 13.2 Å². The van der Waals surface area contributed by atoms with E-state index in [1.807, 2.05) is 6.07 Å². The predicted octanol–water partition coefficient (Wildman–Crippen LogP) is 8.97. The molecule has 2 N–H and O–H groups in total. The Kier molecular flexibility index (Phi) is 13.0. The van der Waals surface area contributed by atoms with Crippen molar-refractivity contribution in [3.8, 4) is 5.75 Å². The minimum Gasteiger partial charge on any atom is -0.495 e. The van der Waals surface area contributed by atoms with Gasteiger partial charge in [0.15, 0.2) is 0 Å². The first kappa shape index (κ1) is 34.4. The number of carbonyl (C=O) groups is 2. The molecule has 0 spiro atoms. The number of hydrogen-bond donors (Lipinski definition) is 2. The van der Waals surface area contributed by atoms with Gasteiger partial charge in [0, 0.05) is 11.3 Å². The molecule has 3 aromatic rings. The molecular weight excluding hydrogens is 593 g/mol. The topological polar surface area (TPSA) is 92.2 Å². The van der Waals surface area contributed by atoms with Crippen molar-refractivity contribution >= 4 is 29.2 Å². The highest BCUT2D eigenvalue weighted by molar-refractivity contribution is 6.06. The van der Waals surface area contributed by atoms with E-state index in [2.05, 4.69) is 26.6 Å². The van der Waals surface area contributed by atoms with Crippen LogP contribution in [0.1, 0.15) is 85.7 Å². The Morgan fingerprint density at radius 1 is 0.804 bits per heavy atom. The van der Waals surface area contributed by atoms with E-state index in [0.29, 0.717) is 23.5 Å². The molecule has 2 saturated carbocycles. The second kappa shape index (κ2) is 17.3. The van der Waals surface area contributed by atoms with E-state index in [-0.39, 0.29) is 29.1 Å². The van der Waals surface area contributed by atoms with Gasteiger partial charge < -0.3 is 15.4 Å². The average molecular weight is 635 g/mol. The fraction of sp³-hybridized carbons (Fsp3) is 0.417. The van der Waals surface area contributed by atoms with Gasteiger partial charge in [-0.15, -0.1) is 0 Å². The van der Waals surface area contributed by atoms with Crippen LogP contribution >= 0.6 is 0 Å². The number of rotatable bonds is 8. The number of para-hydroxylation sites is 1. The number of benzene rings is 3. The molecule has 46 heavy (non-hydrogen) atoms. The van der Waals surface area contributed by atoms with Crippen molar-refractivity contribution in [2.24, 2.45) is 9.98 Å². The quantitative estimate of drug-likeness (QED) is 0.242. The third-order valence-corrected chi connectivity index (χ3v) is 8.02. The van der Waals surface area contributed by atoms with Crippen molar-refractivity contribution in [1.82, 2.24) is 0 Å². The summed E-state index contributed by atoms with van der Waals surface area (Å²) in [5.41, 5.74) is 0.511. The second-order valence-corrected chi connectivity index (χ2v) is 11.6. The maximum Gasteiger partial charge on any atom is 0.416 e. The lowest BCUT2D eigenvalue weighted by Crippen LogP contribution is -2.17. The van der Waals surface area contributed by atoms with Gasteiger partial charge >= 0.3 is 6.18 Å². The van der Waals surface area contributed by atoms with Crippen molar-refractivity contribution in [2.45, 2.75) is 88.9 Å². The average Bonchev–Trinajstić information content (AvgIpc) is 3.06. The normalized spacial score (nSPS) is 15.4. The van der Waals surface area contributed by atoms with E-state index >= 15 is 0 Å². The first-order valence-corrected chi connectivity index (χ1v) is 15.9. The van der Waals surface area contributed by atoms with Gasteiger partial charge in [0.2, 0.25) is 5.91 Å². The number of halogens is 3. The zero-order valence-corrected chi connectivity index (χ0v) is 26.1. The lowest BCUT2D eigenvalue weighted by Gasteiger charge is -2.17. The summed E-state index contributed by atoms with van der Waals surface area (Å²) in [6.45, 7) is 0. The van der Waals surface area contributed by atoms with Crippen LogP contribution in [0.2, 0.25) is 0 Å². The number of nitrogens with one attached hydrogen (secondary N) is 2. The lowest BCUT2D eigenvalue weighted by molar-refractivity contribution is -0.137. The minimum atomic E-state index is -4.49. The zero-order chi connectivity index (χ0) is 32.8. The highest BCUT2D eigenvalue weighted by Gasteiger charge is 2.30. The summed E-state index contributed by atoms with van der Waals surface area (Å²) in [4.78, 5) is 33.9. The standard InChI is InChI=1S/C23H19F3N2O3.C13H22N2/c1-31-20-11-10-16(22(30)27-18-8-3-2-4-9-18)14-19(20)28-21(29)13-15-6-5-7-17(12-15)23(24,25)26;1-3-7-12(8-4-1)14-11-15-13-9-5-2-6-10-13/h2-12,14H,13H2,1H3,(H,27,30)(H,28,29);12-13H,1-10H2. The number of amides is 2. The Bertz CT molecular complexity index is 1470. The monoisotopic (exact) mass is 634 g/mol. The molecule has 2 aliphatic carbocycles. The highest BCUT2D eigenvalue weighted by atomic mass is 19.4. The maximum atomic E-state index is 12.9. The Morgan fingerprint density at radius 3 is 2.02 bits per heavy atom. The lowest BCUT2D eigenvalue weighted by atomic mass is 9.96. The van der Waals surface area contributed by atoms with Crippen molar-refractivity contribution in [2.75, 3.05) is 17.7 Å². The Hall–Kier alpha value is -4.43. The van der Waals surface area contributed by atoms with E-state index in [1.165, 1.54) is 95.6 Å². The molecule has 5 rings (SSSR count). The fourth-order valence-corrected chi connectivity index (χ4v) is 5.53. The highest BCUT2D eigenvalue weighted by Crippen LogP contribution is 2.30. The number of anilines is 2. The minimum absolute atomic E-state index is 0.212. The molecular formula is C36H41F3N4O3. The van der Waals surface area contributed by atoms with Crippen molar-refractivity contribution in [1.29, 1.82) is 0 Å². The van der Waals surface area contributed by atoms with Gasteiger partial charge in [-0.05, 0) is 67.6 Å². The first-order chi connectivity index (χ1) is 22.2.